The fourth-order valence-electron chi connectivity index (χ4n) is 3.53. The lowest BCUT2D eigenvalue weighted by atomic mass is 10.2. The quantitative estimate of drug-likeness (QED) is 0.310. The molecule has 0 bridgehead atoms. The maximum Gasteiger partial charge on any atom is 0.291 e. The predicted octanol–water partition coefficient (Wildman–Crippen LogP) is 5.46. The number of hydrogen-bond acceptors (Lipinski definition) is 6. The smallest absolute Gasteiger partial charge is 0.291 e. The van der Waals surface area contributed by atoms with Crippen molar-refractivity contribution in [1.82, 2.24) is 9.78 Å². The van der Waals surface area contributed by atoms with E-state index in [0.717, 1.165) is 16.9 Å². The molecule has 2 aromatic carbocycles. The molecular formula is C27H29N3O5. The van der Waals surface area contributed by atoms with Crippen molar-refractivity contribution in [2.24, 2.45) is 0 Å². The van der Waals surface area contributed by atoms with E-state index < -0.39 is 0 Å². The lowest BCUT2D eigenvalue weighted by molar-refractivity contribution is 0.0992. The van der Waals surface area contributed by atoms with Crippen LogP contribution >= 0.6 is 0 Å². The third-order valence-corrected chi connectivity index (χ3v) is 5.10. The Bertz CT molecular complexity index is 1280. The van der Waals surface area contributed by atoms with Crippen LogP contribution in [0.2, 0.25) is 0 Å². The van der Waals surface area contributed by atoms with Crippen molar-refractivity contribution >= 4 is 11.6 Å². The number of carbonyl (C=O) groups excluding carboxylic acids is 1. The van der Waals surface area contributed by atoms with Crippen molar-refractivity contribution in [3.63, 3.8) is 0 Å². The summed E-state index contributed by atoms with van der Waals surface area (Å²) in [5.41, 5.74) is 2.68. The summed E-state index contributed by atoms with van der Waals surface area (Å²) in [6, 6.07) is 16.9. The molecule has 2 aromatic heterocycles. The van der Waals surface area contributed by atoms with Gasteiger partial charge < -0.3 is 23.9 Å². The number of aromatic nitrogens is 2. The van der Waals surface area contributed by atoms with E-state index in [4.69, 9.17) is 18.6 Å². The zero-order chi connectivity index (χ0) is 24.6. The molecule has 35 heavy (non-hydrogen) atoms. The van der Waals surface area contributed by atoms with Gasteiger partial charge in [-0.1, -0.05) is 18.2 Å². The monoisotopic (exact) mass is 475 g/mol. The minimum atomic E-state index is -0.356. The average molecular weight is 476 g/mol. The van der Waals surface area contributed by atoms with Gasteiger partial charge in [0.2, 0.25) is 0 Å². The van der Waals surface area contributed by atoms with E-state index in [1.807, 2.05) is 63.2 Å². The highest BCUT2D eigenvalue weighted by atomic mass is 16.5. The second-order valence-corrected chi connectivity index (χ2v) is 7.90. The summed E-state index contributed by atoms with van der Waals surface area (Å²) >= 11 is 0. The number of nitrogens with one attached hydrogen (secondary N) is 1. The van der Waals surface area contributed by atoms with Crippen LogP contribution in [-0.4, -0.2) is 28.9 Å². The first-order chi connectivity index (χ1) is 17.0. The van der Waals surface area contributed by atoms with Crippen LogP contribution in [0.5, 0.6) is 17.2 Å². The molecule has 0 atom stereocenters. The Morgan fingerprint density at radius 2 is 1.83 bits per heavy atom. The van der Waals surface area contributed by atoms with Crippen molar-refractivity contribution < 1.29 is 23.4 Å². The van der Waals surface area contributed by atoms with Crippen molar-refractivity contribution in [2.75, 3.05) is 18.5 Å². The van der Waals surface area contributed by atoms with E-state index in [0.29, 0.717) is 42.7 Å². The number of furan rings is 1. The number of ether oxygens (including phenoxy) is 3. The van der Waals surface area contributed by atoms with Gasteiger partial charge >= 0.3 is 0 Å². The van der Waals surface area contributed by atoms with Crippen LogP contribution in [0, 0.1) is 6.92 Å². The summed E-state index contributed by atoms with van der Waals surface area (Å²) in [5, 5.41) is 7.16. The predicted molar refractivity (Wildman–Crippen MR) is 132 cm³/mol. The normalized spacial score (nSPS) is 10.7. The van der Waals surface area contributed by atoms with Crippen LogP contribution in [0.15, 0.2) is 71.4 Å². The molecule has 0 aliphatic heterocycles. The van der Waals surface area contributed by atoms with Crippen molar-refractivity contribution in [3.05, 3.63) is 89.6 Å². The lowest BCUT2D eigenvalue weighted by Crippen LogP contribution is -2.10. The SMILES string of the molecule is CCOc1ccc(Cn2cc(NC(=O)c3ccc(COc4cccc(C)c4)o3)cn2)cc1OCC. The van der Waals surface area contributed by atoms with E-state index in [2.05, 4.69) is 10.4 Å². The highest BCUT2D eigenvalue weighted by molar-refractivity contribution is 6.02. The van der Waals surface area contributed by atoms with Crippen LogP contribution < -0.4 is 19.5 Å². The summed E-state index contributed by atoms with van der Waals surface area (Å²) in [4.78, 5) is 12.6. The molecule has 0 fully saturated rings. The Labute approximate surface area is 204 Å². The van der Waals surface area contributed by atoms with Gasteiger partial charge in [-0.15, -0.1) is 0 Å². The van der Waals surface area contributed by atoms with Gasteiger partial charge in [0.05, 0.1) is 31.6 Å². The summed E-state index contributed by atoms with van der Waals surface area (Å²) in [6.07, 6.45) is 3.36. The van der Waals surface area contributed by atoms with Gasteiger partial charge in [-0.2, -0.15) is 5.10 Å². The van der Waals surface area contributed by atoms with E-state index in [1.54, 1.807) is 29.2 Å². The maximum absolute atomic E-state index is 12.6. The first kappa shape index (κ1) is 23.9. The lowest BCUT2D eigenvalue weighted by Gasteiger charge is -2.12. The molecule has 1 N–H and O–H groups in total. The fourth-order valence-corrected chi connectivity index (χ4v) is 3.53. The van der Waals surface area contributed by atoms with Gasteiger partial charge in [0, 0.05) is 6.20 Å². The highest BCUT2D eigenvalue weighted by Crippen LogP contribution is 2.29. The third-order valence-electron chi connectivity index (χ3n) is 5.10. The Kier molecular flexibility index (Phi) is 7.72. The molecule has 0 radical (unpaired) electrons. The molecule has 4 aromatic rings. The van der Waals surface area contributed by atoms with Crippen LogP contribution in [0.25, 0.3) is 0 Å². The first-order valence-corrected chi connectivity index (χ1v) is 11.5. The van der Waals surface area contributed by atoms with Gasteiger partial charge in [-0.3, -0.25) is 9.48 Å². The Balaban J connectivity index is 1.34. The molecular weight excluding hydrogens is 446 g/mol. The van der Waals surface area contributed by atoms with Gasteiger partial charge in [0.1, 0.15) is 18.1 Å². The molecule has 182 valence electrons. The molecule has 0 aliphatic carbocycles. The molecule has 1 amide bonds. The first-order valence-electron chi connectivity index (χ1n) is 11.5. The van der Waals surface area contributed by atoms with Crippen molar-refractivity contribution in [2.45, 2.75) is 33.9 Å². The Morgan fingerprint density at radius 1 is 1.00 bits per heavy atom. The van der Waals surface area contributed by atoms with E-state index in [-0.39, 0.29) is 18.3 Å². The second kappa shape index (κ2) is 11.3. The van der Waals surface area contributed by atoms with Gasteiger partial charge in [-0.05, 0) is 68.3 Å². The number of carbonyl (C=O) groups is 1. The second-order valence-electron chi connectivity index (χ2n) is 7.90. The van der Waals surface area contributed by atoms with Crippen molar-refractivity contribution in [3.8, 4) is 17.2 Å². The number of nitrogens with zero attached hydrogens (tertiary/aromatic N) is 2. The van der Waals surface area contributed by atoms with Crippen LogP contribution in [0.3, 0.4) is 0 Å². The maximum atomic E-state index is 12.6. The molecule has 0 saturated carbocycles. The average Bonchev–Trinajstić information content (AvgIpc) is 3.49. The minimum absolute atomic E-state index is 0.202. The Hall–Kier alpha value is -4.20. The van der Waals surface area contributed by atoms with Crippen LogP contribution in [-0.2, 0) is 13.2 Å². The number of benzene rings is 2. The molecule has 8 heteroatoms. The Morgan fingerprint density at radius 3 is 2.63 bits per heavy atom. The topological polar surface area (TPSA) is 87.8 Å². The summed E-state index contributed by atoms with van der Waals surface area (Å²) in [5.74, 6) is 2.58. The largest absolute Gasteiger partial charge is 0.490 e. The van der Waals surface area contributed by atoms with Gasteiger partial charge in [0.15, 0.2) is 17.3 Å². The van der Waals surface area contributed by atoms with E-state index in [1.165, 1.54) is 0 Å². The number of amides is 1. The molecule has 4 rings (SSSR count). The molecule has 0 saturated heterocycles. The van der Waals surface area contributed by atoms with Crippen LogP contribution in [0.1, 0.15) is 41.3 Å². The number of rotatable bonds is 11. The molecule has 0 spiro atoms. The molecule has 2 heterocycles. The van der Waals surface area contributed by atoms with Crippen molar-refractivity contribution in [1.29, 1.82) is 0 Å². The summed E-state index contributed by atoms with van der Waals surface area (Å²) in [6.45, 7) is 7.74. The number of anilines is 1. The van der Waals surface area contributed by atoms with E-state index >= 15 is 0 Å². The van der Waals surface area contributed by atoms with Gasteiger partial charge in [0.25, 0.3) is 5.91 Å². The molecule has 0 unspecified atom stereocenters. The third kappa shape index (κ3) is 6.44. The standard InChI is InChI=1S/C27H29N3O5/c1-4-32-24-11-9-20(14-26(24)33-5-2)16-30-17-21(15-28-30)29-27(31)25-12-10-23(35-25)18-34-22-8-6-7-19(3)13-22/h6-15,17H,4-5,16,18H2,1-3H3,(H,29,31). The fraction of sp³-hybridized carbons (Fsp3) is 0.259. The molecule has 0 aliphatic rings. The zero-order valence-corrected chi connectivity index (χ0v) is 20.1. The number of hydrogen-bond donors (Lipinski definition) is 1. The van der Waals surface area contributed by atoms with Gasteiger partial charge in [-0.25, -0.2) is 0 Å². The molecule has 8 nitrogen and oxygen atoms in total. The summed E-state index contributed by atoms with van der Waals surface area (Å²) < 4.78 is 24.4. The minimum Gasteiger partial charge on any atom is -0.490 e. The highest BCUT2D eigenvalue weighted by Gasteiger charge is 2.14. The summed E-state index contributed by atoms with van der Waals surface area (Å²) in [7, 11) is 0. The van der Waals surface area contributed by atoms with Crippen LogP contribution in [0.4, 0.5) is 5.69 Å². The zero-order valence-electron chi connectivity index (χ0n) is 20.1. The van der Waals surface area contributed by atoms with E-state index in [9.17, 15) is 4.79 Å². The number of aryl methyl sites for hydroxylation is 1.